The van der Waals surface area contributed by atoms with Gasteiger partial charge in [0.05, 0.1) is 43.8 Å². The maximum atomic E-state index is 13.4. The molecule has 1 aromatic heterocycles. The molecule has 0 bridgehead atoms. The maximum Gasteiger partial charge on any atom is 2.00 e. The second-order valence-electron chi connectivity index (χ2n) is 11.9. The van der Waals surface area contributed by atoms with Gasteiger partial charge in [0, 0.05) is 35.1 Å². The van der Waals surface area contributed by atoms with E-state index in [0.717, 1.165) is 35.2 Å². The van der Waals surface area contributed by atoms with Gasteiger partial charge in [-0.2, -0.15) is 0 Å². The summed E-state index contributed by atoms with van der Waals surface area (Å²) < 4.78 is 0.450. The molecule has 0 saturated carbocycles. The van der Waals surface area contributed by atoms with Gasteiger partial charge in [0.1, 0.15) is 30.2 Å². The zero-order valence-corrected chi connectivity index (χ0v) is 31.3. The number of nitrogens with one attached hydrogen (secondary N) is 2. The van der Waals surface area contributed by atoms with Gasteiger partial charge < -0.3 is 66.8 Å². The number of hydroxylamine groups is 1. The van der Waals surface area contributed by atoms with E-state index < -0.39 is 71.0 Å². The molecule has 276 valence electrons. The van der Waals surface area contributed by atoms with E-state index in [1.54, 1.807) is 0 Å². The number of ketones is 1. The summed E-state index contributed by atoms with van der Waals surface area (Å²) in [5.41, 5.74) is 5.72. The van der Waals surface area contributed by atoms with Crippen molar-refractivity contribution >= 4 is 107 Å². The molecule has 0 radical (unpaired) electrons. The Morgan fingerprint density at radius 2 is 1.94 bits per heavy atom. The van der Waals surface area contributed by atoms with Crippen LogP contribution >= 0.6 is 23.1 Å². The van der Waals surface area contributed by atoms with Crippen LogP contribution in [0.1, 0.15) is 25.0 Å². The van der Waals surface area contributed by atoms with Gasteiger partial charge in [0.2, 0.25) is 17.8 Å². The molecule has 0 aromatic carbocycles. The van der Waals surface area contributed by atoms with Gasteiger partial charge in [-0.3, -0.25) is 24.1 Å². The first-order chi connectivity index (χ1) is 23.8. The van der Waals surface area contributed by atoms with Gasteiger partial charge in [0.25, 0.3) is 11.8 Å². The summed E-state index contributed by atoms with van der Waals surface area (Å²) in [4.78, 5) is 84.8. The molecule has 5 rings (SSSR count). The Hall–Kier alpha value is -3.61. The summed E-state index contributed by atoms with van der Waals surface area (Å²) in [6, 6.07) is -1.20. The third-order valence-corrected chi connectivity index (χ3v) is 10.6. The number of thioether (sulfide) groups is 1. The third kappa shape index (κ3) is 9.48. The van der Waals surface area contributed by atoms with Crippen molar-refractivity contribution in [3.8, 4) is 0 Å². The second kappa shape index (κ2) is 18.4. The summed E-state index contributed by atoms with van der Waals surface area (Å²) in [5, 5.41) is 53.5. The Morgan fingerprint density at radius 1 is 1.23 bits per heavy atom. The number of hydrogen-bond donors (Lipinski definition) is 5. The smallest absolute Gasteiger partial charge is 0.870 e. The minimum Gasteiger partial charge on any atom is -0.870 e. The van der Waals surface area contributed by atoms with Gasteiger partial charge in [-0.1, -0.05) is 5.16 Å². The topological polar surface area (TPSA) is 326 Å². The molecular formula is C29H34CaN8O12S2. The van der Waals surface area contributed by atoms with Crippen LogP contribution in [-0.2, 0) is 33.6 Å². The molecule has 4 aliphatic rings. The van der Waals surface area contributed by atoms with Crippen LogP contribution in [-0.4, -0.2) is 166 Å². The Bertz CT molecular complexity index is 1720. The van der Waals surface area contributed by atoms with Crippen molar-refractivity contribution in [2.45, 2.75) is 36.8 Å². The number of aliphatic carboxylic acids is 2. The van der Waals surface area contributed by atoms with Crippen LogP contribution in [0.3, 0.4) is 0 Å². The van der Waals surface area contributed by atoms with Crippen LogP contribution in [0.15, 0.2) is 45.3 Å². The molecule has 3 amide bonds. The van der Waals surface area contributed by atoms with Crippen LogP contribution in [0.25, 0.3) is 0 Å². The first-order valence-corrected chi connectivity index (χ1v) is 17.3. The zero-order chi connectivity index (χ0) is 36.2. The molecule has 1 aromatic rings. The number of aromatic nitrogens is 1. The van der Waals surface area contributed by atoms with Gasteiger partial charge in [-0.05, 0) is 18.6 Å². The molecule has 3 atom stereocenters. The number of carboxylic acid groups (broad SMARTS) is 2. The number of thiazole rings is 1. The molecule has 20 nitrogen and oxygen atoms in total. The van der Waals surface area contributed by atoms with E-state index in [-0.39, 0.29) is 96.1 Å². The molecule has 8 N–H and O–H groups in total. The van der Waals surface area contributed by atoms with Crippen molar-refractivity contribution in [3.63, 3.8) is 0 Å². The second-order valence-corrected chi connectivity index (χ2v) is 13.9. The summed E-state index contributed by atoms with van der Waals surface area (Å²) in [5.74, 6) is -6.33. The average Bonchev–Trinajstić information content (AvgIpc) is 3.72. The summed E-state index contributed by atoms with van der Waals surface area (Å²) in [7, 11) is 0. The van der Waals surface area contributed by atoms with Gasteiger partial charge in [0.15, 0.2) is 16.6 Å². The Balaban J connectivity index is 0.00000364. The number of allylic oxidation sites excluding steroid dienone is 2. The fourth-order valence-corrected chi connectivity index (χ4v) is 8.02. The van der Waals surface area contributed by atoms with Crippen molar-refractivity contribution in [1.29, 1.82) is 0 Å². The summed E-state index contributed by atoms with van der Waals surface area (Å²) >= 11 is 2.18. The van der Waals surface area contributed by atoms with Crippen LogP contribution in [0, 0.1) is 5.21 Å². The minimum absolute atomic E-state index is 0. The fraction of sp³-hybridized carbons (Fsp3) is 0.448. The summed E-state index contributed by atoms with van der Waals surface area (Å²) in [6.45, 7) is 1.75. The first-order valence-electron chi connectivity index (χ1n) is 15.4. The van der Waals surface area contributed by atoms with E-state index in [2.05, 4.69) is 20.8 Å². The minimum atomic E-state index is -1.80. The molecular weight excluding hydrogens is 757 g/mol. The number of quaternary nitrogens is 2. The number of nitrogen functional groups attached to an aromatic ring is 1. The number of amides is 3. The number of carboxylic acids is 2. The van der Waals surface area contributed by atoms with Crippen molar-refractivity contribution in [2.24, 2.45) is 5.16 Å². The molecule has 0 unspecified atom stereocenters. The van der Waals surface area contributed by atoms with Gasteiger partial charge >= 0.3 is 37.7 Å². The van der Waals surface area contributed by atoms with Crippen LogP contribution < -0.4 is 32.1 Å². The standard InChI is InChI=1S/C29H34N8O11S2.Ca.H2O/c30-29-33-16(13-50-29)20(35-48-19(10-32-47)27(43)44)24(41)34-21-25(42)36-22(28(45)46)15(12-49-26(21)36)11-37(6-1-2-7-37)8-5-31-23(40)14-3-4-17(38)18(39)9-14;;/h4,9,13,19,21,26H,1-3,5-8,10-12,32H2,(H6-,30,31,33,34,38,40,41,43,44,45,46);;1H2/q;+2;/p-2/b35-20-;;/t19-,21+,26+;;/m0../s1. The Labute approximate surface area is 333 Å². The number of rotatable bonds is 15. The maximum absolute atomic E-state index is 13.4. The van der Waals surface area contributed by atoms with Crippen LogP contribution in [0.2, 0.25) is 0 Å². The predicted molar refractivity (Wildman–Crippen MR) is 178 cm³/mol. The molecule has 52 heavy (non-hydrogen) atoms. The van der Waals surface area contributed by atoms with Crippen molar-refractivity contribution in [1.82, 2.24) is 20.5 Å². The number of β-lactam (4-membered cyclic amide) rings is 1. The van der Waals surface area contributed by atoms with E-state index in [0.29, 0.717) is 29.7 Å². The normalized spacial score (nSPS) is 21.3. The number of aliphatic hydroxyl groups is 1. The SMILES string of the molecule is Nc1nc(/C(=N/O[C@@H](C[NH2+][O-])C(=O)[O-])C(=O)N[C@@H]2C(=O)N3C(C(=O)[O-])=C(C[N+]4(CCNC(=O)C5=CC(=O)C(O)=CC5)CCCC4)CS[C@H]23)cs1.[Ca+2].[OH-]. The predicted octanol–water partition coefficient (Wildman–Crippen LogP) is -5.46. The van der Waals surface area contributed by atoms with Crippen molar-refractivity contribution in [2.75, 3.05) is 50.8 Å². The van der Waals surface area contributed by atoms with E-state index in [1.165, 1.54) is 23.2 Å². The number of hydrogen-bond acceptors (Lipinski definition) is 17. The Kier molecular flexibility index (Phi) is 15.2. The van der Waals surface area contributed by atoms with Crippen LogP contribution in [0.5, 0.6) is 0 Å². The summed E-state index contributed by atoms with van der Waals surface area (Å²) in [6.07, 6.45) is 2.41. The number of carbonyl (C=O) groups is 6. The molecule has 0 spiro atoms. The number of likely N-dealkylation sites (tertiary alicyclic amines) is 1. The number of aliphatic hydroxyl groups excluding tert-OH is 1. The first kappa shape index (κ1) is 42.8. The van der Waals surface area contributed by atoms with Gasteiger partial charge in [-0.25, -0.2) is 4.98 Å². The van der Waals surface area contributed by atoms with E-state index in [9.17, 15) is 49.3 Å². The number of anilines is 1. The molecule has 2 fully saturated rings. The van der Waals surface area contributed by atoms with Gasteiger partial charge in [-0.15, -0.1) is 23.1 Å². The average molecular weight is 791 g/mol. The van der Waals surface area contributed by atoms with Crippen molar-refractivity contribution < 1.29 is 64.4 Å². The quantitative estimate of drug-likeness (QED) is 0.0364. The van der Waals surface area contributed by atoms with Crippen molar-refractivity contribution in [3.05, 3.63) is 51.0 Å². The third-order valence-electron chi connectivity index (χ3n) is 8.63. The number of oxime groups is 1. The molecule has 4 heterocycles. The molecule has 23 heteroatoms. The van der Waals surface area contributed by atoms with E-state index in [1.807, 2.05) is 0 Å². The Morgan fingerprint density at radius 3 is 2.54 bits per heavy atom. The molecule has 2 saturated heterocycles. The number of nitrogens with zero attached hydrogens (tertiary/aromatic N) is 4. The monoisotopic (exact) mass is 790 g/mol. The fourth-order valence-electron chi connectivity index (χ4n) is 6.14. The van der Waals surface area contributed by atoms with E-state index in [4.69, 9.17) is 10.6 Å². The number of fused-ring (bicyclic) bond motifs is 1. The molecule has 1 aliphatic carbocycles. The van der Waals surface area contributed by atoms with Crippen LogP contribution in [0.4, 0.5) is 5.13 Å². The number of nitrogens with two attached hydrogens (primary N) is 2. The van der Waals surface area contributed by atoms with E-state index >= 15 is 0 Å². The number of carbonyl (C=O) groups excluding carboxylic acids is 6. The largest absolute Gasteiger partial charge is 2.00 e. The molecule has 3 aliphatic heterocycles. The zero-order valence-electron chi connectivity index (χ0n) is 27.5.